The van der Waals surface area contributed by atoms with Crippen LogP contribution in [0.1, 0.15) is 5.56 Å². The first-order valence-corrected chi connectivity index (χ1v) is 7.99. The zero-order valence-electron chi connectivity index (χ0n) is 13.6. The van der Waals surface area contributed by atoms with E-state index >= 15 is 0 Å². The summed E-state index contributed by atoms with van der Waals surface area (Å²) in [5.41, 5.74) is 0.273. The summed E-state index contributed by atoms with van der Waals surface area (Å²) >= 11 is 0.771. The second-order valence-electron chi connectivity index (χ2n) is 4.74. The molecule has 0 aliphatic rings. The third-order valence-corrected chi connectivity index (χ3v) is 3.87. The maximum absolute atomic E-state index is 11.7. The Morgan fingerprint density at radius 3 is 2.89 bits per heavy atom. The minimum Gasteiger partial charge on any atom is -0.500 e. The third-order valence-electron chi connectivity index (χ3n) is 2.92. The van der Waals surface area contributed by atoms with E-state index in [1.165, 1.54) is 13.2 Å². The normalized spacial score (nSPS) is 10.7. The van der Waals surface area contributed by atoms with Crippen LogP contribution in [0.15, 0.2) is 31.8 Å². The number of H-pyrrole nitrogens is 2. The fourth-order valence-electron chi connectivity index (χ4n) is 1.76. The molecule has 0 unspecified atom stereocenters. The van der Waals surface area contributed by atoms with E-state index in [0.29, 0.717) is 0 Å². The first-order valence-electron chi connectivity index (χ1n) is 7.01. The Bertz CT molecular complexity index is 1010. The molecule has 142 valence electrons. The predicted octanol–water partition coefficient (Wildman–Crippen LogP) is -0.677. The molecule has 0 atom stereocenters. The summed E-state index contributed by atoms with van der Waals surface area (Å²) in [6, 6.07) is 2.34. The van der Waals surface area contributed by atoms with E-state index in [1.807, 2.05) is 10.1 Å². The summed E-state index contributed by atoms with van der Waals surface area (Å²) in [6.07, 6.45) is 1.11. The van der Waals surface area contributed by atoms with Crippen molar-refractivity contribution in [2.75, 3.05) is 12.9 Å². The number of rotatable bonds is 7. The number of hydrogen-bond acceptors (Lipinski definition) is 10. The number of benzene rings is 1. The van der Waals surface area contributed by atoms with Crippen molar-refractivity contribution in [3.05, 3.63) is 48.6 Å². The average molecular weight is 396 g/mol. The minimum absolute atomic E-state index is 0.104. The molecule has 0 bridgehead atoms. The minimum atomic E-state index is -0.793. The number of aromatic nitrogens is 3. The monoisotopic (exact) mass is 396 g/mol. The number of phenols is 1. The zero-order chi connectivity index (χ0) is 20.0. The molecule has 0 saturated heterocycles. The van der Waals surface area contributed by atoms with E-state index in [2.05, 4.69) is 15.6 Å². The molecule has 1 heterocycles. The van der Waals surface area contributed by atoms with Crippen LogP contribution < -0.4 is 21.4 Å². The van der Waals surface area contributed by atoms with E-state index in [4.69, 9.17) is 4.74 Å². The predicted molar refractivity (Wildman–Crippen MR) is 93.3 cm³/mol. The van der Waals surface area contributed by atoms with Gasteiger partial charge in [-0.2, -0.15) is 10.2 Å². The van der Waals surface area contributed by atoms with Gasteiger partial charge >= 0.3 is 11.4 Å². The first kappa shape index (κ1) is 19.6. The van der Waals surface area contributed by atoms with Gasteiger partial charge in [-0.1, -0.05) is 11.8 Å². The molecule has 2 rings (SSSR count). The number of nitro groups is 1. The van der Waals surface area contributed by atoms with Crippen LogP contribution in [-0.2, 0) is 4.79 Å². The molecule has 0 saturated carbocycles. The SMILES string of the molecule is COc1cc(C=NNC(=O)CSc2n[nH]c(=O)[nH]c2=O)cc([N+](=O)[O-])c1O. The van der Waals surface area contributed by atoms with Crippen molar-refractivity contribution in [2.45, 2.75) is 5.03 Å². The maximum Gasteiger partial charge on any atom is 0.342 e. The number of phenolic OH excluding ortho intramolecular Hbond substituents is 1. The maximum atomic E-state index is 11.7. The van der Waals surface area contributed by atoms with E-state index < -0.39 is 33.5 Å². The number of amides is 1. The molecule has 13 nitrogen and oxygen atoms in total. The van der Waals surface area contributed by atoms with Gasteiger partial charge in [0.15, 0.2) is 10.8 Å². The molecule has 1 amide bonds. The number of ether oxygens (including phenoxy) is 1. The van der Waals surface area contributed by atoms with Gasteiger partial charge in [-0.15, -0.1) is 0 Å². The second kappa shape index (κ2) is 8.61. The number of carbonyl (C=O) groups is 1. The highest BCUT2D eigenvalue weighted by molar-refractivity contribution is 7.99. The number of nitrogens with one attached hydrogen (secondary N) is 3. The van der Waals surface area contributed by atoms with Crippen LogP contribution in [-0.4, -0.2) is 50.2 Å². The Kier molecular flexibility index (Phi) is 6.27. The Balaban J connectivity index is 2.01. The number of carbonyl (C=O) groups excluding carboxylic acids is 1. The topological polar surface area (TPSA) is 193 Å². The molecule has 0 aliphatic heterocycles. The summed E-state index contributed by atoms with van der Waals surface area (Å²) in [6.45, 7) is 0. The Morgan fingerprint density at radius 2 is 2.26 bits per heavy atom. The van der Waals surface area contributed by atoms with Crippen molar-refractivity contribution in [2.24, 2.45) is 5.10 Å². The lowest BCUT2D eigenvalue weighted by atomic mass is 10.2. The molecular formula is C13H12N6O7S. The van der Waals surface area contributed by atoms with Gasteiger partial charge in [0.1, 0.15) is 0 Å². The number of methoxy groups -OCH3 is 1. The smallest absolute Gasteiger partial charge is 0.342 e. The van der Waals surface area contributed by atoms with Crippen LogP contribution in [0.4, 0.5) is 5.69 Å². The van der Waals surface area contributed by atoms with E-state index in [1.54, 1.807) is 0 Å². The Morgan fingerprint density at radius 1 is 1.52 bits per heavy atom. The number of thioether (sulfide) groups is 1. The number of hydrogen-bond donors (Lipinski definition) is 4. The van der Waals surface area contributed by atoms with Crippen LogP contribution in [0.25, 0.3) is 0 Å². The Hall–Kier alpha value is -3.68. The molecule has 0 spiro atoms. The number of nitrogens with zero attached hydrogens (tertiary/aromatic N) is 3. The van der Waals surface area contributed by atoms with Gasteiger partial charge in [0.2, 0.25) is 11.7 Å². The molecular weight excluding hydrogens is 384 g/mol. The first-order chi connectivity index (χ1) is 12.8. The van der Waals surface area contributed by atoms with Gasteiger partial charge in [0.05, 0.1) is 24.0 Å². The molecule has 4 N–H and O–H groups in total. The molecule has 0 radical (unpaired) electrons. The van der Waals surface area contributed by atoms with E-state index in [0.717, 1.165) is 24.0 Å². The Labute approximate surface area is 153 Å². The fourth-order valence-corrected chi connectivity index (χ4v) is 2.39. The van der Waals surface area contributed by atoms with Crippen LogP contribution in [0.5, 0.6) is 11.5 Å². The van der Waals surface area contributed by atoms with Gasteiger partial charge in [-0.25, -0.2) is 15.3 Å². The summed E-state index contributed by atoms with van der Waals surface area (Å²) in [7, 11) is 1.23. The lowest BCUT2D eigenvalue weighted by molar-refractivity contribution is -0.386. The highest BCUT2D eigenvalue weighted by atomic mass is 32.2. The van der Waals surface area contributed by atoms with Gasteiger partial charge in [-0.3, -0.25) is 24.7 Å². The highest BCUT2D eigenvalue weighted by Crippen LogP contribution is 2.36. The van der Waals surface area contributed by atoms with Crippen LogP contribution >= 0.6 is 11.8 Å². The average Bonchev–Trinajstić information content (AvgIpc) is 2.61. The summed E-state index contributed by atoms with van der Waals surface area (Å²) in [4.78, 5) is 46.0. The molecule has 0 fully saturated rings. The van der Waals surface area contributed by atoms with Gasteiger partial charge in [-0.05, 0) is 6.07 Å². The second-order valence-corrected chi connectivity index (χ2v) is 5.71. The summed E-state index contributed by atoms with van der Waals surface area (Å²) < 4.78 is 4.84. The van der Waals surface area contributed by atoms with Crippen molar-refractivity contribution in [1.29, 1.82) is 0 Å². The third kappa shape index (κ3) is 5.15. The number of hydrazone groups is 1. The molecule has 2 aromatic rings. The lowest BCUT2D eigenvalue weighted by Crippen LogP contribution is -2.26. The number of nitro benzene ring substituents is 1. The molecule has 27 heavy (non-hydrogen) atoms. The van der Waals surface area contributed by atoms with Crippen molar-refractivity contribution in [3.8, 4) is 11.5 Å². The van der Waals surface area contributed by atoms with Crippen molar-refractivity contribution < 1.29 is 19.6 Å². The lowest BCUT2D eigenvalue weighted by Gasteiger charge is -2.05. The quantitative estimate of drug-likeness (QED) is 0.203. The van der Waals surface area contributed by atoms with E-state index in [-0.39, 0.29) is 22.1 Å². The van der Waals surface area contributed by atoms with Gasteiger partial charge < -0.3 is 9.84 Å². The molecule has 1 aromatic heterocycles. The van der Waals surface area contributed by atoms with Crippen molar-refractivity contribution >= 4 is 29.6 Å². The van der Waals surface area contributed by atoms with Crippen LogP contribution in [0.2, 0.25) is 0 Å². The van der Waals surface area contributed by atoms with Crippen molar-refractivity contribution in [1.82, 2.24) is 20.6 Å². The highest BCUT2D eigenvalue weighted by Gasteiger charge is 2.19. The largest absolute Gasteiger partial charge is 0.500 e. The van der Waals surface area contributed by atoms with Crippen LogP contribution in [0.3, 0.4) is 0 Å². The summed E-state index contributed by atoms with van der Waals surface area (Å²) in [5.74, 6) is -1.57. The number of aromatic hydroxyl groups is 1. The van der Waals surface area contributed by atoms with Gasteiger partial charge in [0.25, 0.3) is 5.56 Å². The van der Waals surface area contributed by atoms with Crippen molar-refractivity contribution in [3.63, 3.8) is 0 Å². The molecule has 1 aromatic carbocycles. The zero-order valence-corrected chi connectivity index (χ0v) is 14.4. The summed E-state index contributed by atoms with van der Waals surface area (Å²) in [5, 5.41) is 29.6. The van der Waals surface area contributed by atoms with E-state index in [9.17, 15) is 29.6 Å². The number of aromatic amines is 2. The molecule has 0 aliphatic carbocycles. The standard InChI is InChI=1S/C13H12N6O7S/c1-26-8-3-6(2-7(10(8)21)19(24)25)4-14-16-9(20)5-27-12-11(22)15-13(23)18-17-12/h2-4,21H,5H2,1H3,(H,16,20)(H2,15,18,22,23). The fraction of sp³-hybridized carbons (Fsp3) is 0.154. The van der Waals surface area contributed by atoms with Gasteiger partial charge in [0, 0.05) is 11.6 Å². The van der Waals surface area contributed by atoms with Crippen LogP contribution in [0, 0.1) is 10.1 Å². The molecule has 14 heteroatoms.